The largest absolute Gasteiger partial charge is 0.330 e. The lowest BCUT2D eigenvalue weighted by Gasteiger charge is -2.07. The van der Waals surface area contributed by atoms with Crippen LogP contribution < -0.4 is 5.73 Å². The van der Waals surface area contributed by atoms with Gasteiger partial charge in [-0.15, -0.1) is 0 Å². The van der Waals surface area contributed by atoms with E-state index in [1.54, 1.807) is 0 Å². The zero-order chi connectivity index (χ0) is 11.3. The second kappa shape index (κ2) is 5.53. The van der Waals surface area contributed by atoms with Gasteiger partial charge < -0.3 is 5.73 Å². The van der Waals surface area contributed by atoms with Crippen molar-refractivity contribution >= 4 is 0 Å². The zero-order valence-electron chi connectivity index (χ0n) is 9.51. The molecule has 0 amide bonds. The number of benzene rings is 1. The lowest BCUT2D eigenvalue weighted by Crippen LogP contribution is -1.99. The van der Waals surface area contributed by atoms with Gasteiger partial charge in [0.05, 0.1) is 11.6 Å². The van der Waals surface area contributed by atoms with E-state index >= 15 is 0 Å². The van der Waals surface area contributed by atoms with Crippen molar-refractivity contribution in [3.8, 4) is 6.07 Å². The molecule has 0 aliphatic carbocycles. The predicted molar refractivity (Wildman–Crippen MR) is 62.6 cm³/mol. The molecule has 0 aliphatic heterocycles. The van der Waals surface area contributed by atoms with Gasteiger partial charge in [-0.3, -0.25) is 0 Å². The van der Waals surface area contributed by atoms with E-state index in [1.165, 1.54) is 11.1 Å². The van der Waals surface area contributed by atoms with E-state index in [2.05, 4.69) is 19.1 Å². The number of rotatable bonds is 4. The molecule has 0 saturated carbocycles. The molecule has 1 rings (SSSR count). The van der Waals surface area contributed by atoms with Gasteiger partial charge in [-0.2, -0.15) is 5.26 Å². The maximum absolute atomic E-state index is 8.97. The minimum atomic E-state index is 0.746. The highest BCUT2D eigenvalue weighted by Crippen LogP contribution is 2.17. The Kier molecular flexibility index (Phi) is 4.33. The van der Waals surface area contributed by atoms with E-state index in [0.717, 1.165) is 36.9 Å². The SMILES string of the molecule is Cc1cc(CCCCN)cc(C#N)c1C. The molecule has 0 unspecified atom stereocenters. The minimum Gasteiger partial charge on any atom is -0.330 e. The van der Waals surface area contributed by atoms with E-state index in [9.17, 15) is 0 Å². The van der Waals surface area contributed by atoms with Crippen LogP contribution in [0, 0.1) is 25.2 Å². The van der Waals surface area contributed by atoms with E-state index in [4.69, 9.17) is 11.0 Å². The molecule has 2 heteroatoms. The molecule has 0 fully saturated rings. The van der Waals surface area contributed by atoms with Crippen molar-refractivity contribution in [3.05, 3.63) is 34.4 Å². The number of aryl methyl sites for hydroxylation is 2. The standard InChI is InChI=1S/C13H18N2/c1-10-7-12(5-3-4-6-14)8-13(9-15)11(10)2/h7-8H,3-6,14H2,1-2H3. The molecule has 0 radical (unpaired) electrons. The Morgan fingerprint density at radius 1 is 1.27 bits per heavy atom. The average molecular weight is 202 g/mol. The summed E-state index contributed by atoms with van der Waals surface area (Å²) < 4.78 is 0. The molecule has 2 nitrogen and oxygen atoms in total. The van der Waals surface area contributed by atoms with Crippen LogP contribution in [0.5, 0.6) is 0 Å². The molecule has 2 N–H and O–H groups in total. The maximum atomic E-state index is 8.97. The van der Waals surface area contributed by atoms with Gasteiger partial charge >= 0.3 is 0 Å². The summed E-state index contributed by atoms with van der Waals surface area (Å²) >= 11 is 0. The van der Waals surface area contributed by atoms with Crippen LogP contribution >= 0.6 is 0 Å². The average Bonchev–Trinajstić information content (AvgIpc) is 2.23. The fraction of sp³-hybridized carbons (Fsp3) is 0.462. The first-order valence-electron chi connectivity index (χ1n) is 5.39. The van der Waals surface area contributed by atoms with Crippen molar-refractivity contribution < 1.29 is 0 Å². The monoisotopic (exact) mass is 202 g/mol. The highest BCUT2D eigenvalue weighted by molar-refractivity contribution is 5.44. The molecule has 0 bridgehead atoms. The molecule has 0 saturated heterocycles. The van der Waals surface area contributed by atoms with Gasteiger partial charge in [0.1, 0.15) is 0 Å². The Morgan fingerprint density at radius 3 is 2.60 bits per heavy atom. The summed E-state index contributed by atoms with van der Waals surface area (Å²) in [5.41, 5.74) is 9.81. The van der Waals surface area contributed by atoms with Crippen LogP contribution in [-0.4, -0.2) is 6.54 Å². The fourth-order valence-electron chi connectivity index (χ4n) is 1.67. The maximum Gasteiger partial charge on any atom is 0.0994 e. The summed E-state index contributed by atoms with van der Waals surface area (Å²) in [6.45, 7) is 4.80. The minimum absolute atomic E-state index is 0.746. The van der Waals surface area contributed by atoms with Crippen LogP contribution in [0.2, 0.25) is 0 Å². The van der Waals surface area contributed by atoms with Crippen molar-refractivity contribution in [1.29, 1.82) is 5.26 Å². The summed E-state index contributed by atoms with van der Waals surface area (Å²) in [4.78, 5) is 0. The predicted octanol–water partition coefficient (Wildman–Crippen LogP) is 2.46. The second-order valence-corrected chi connectivity index (χ2v) is 3.94. The number of nitrogens with two attached hydrogens (primary N) is 1. The lowest BCUT2D eigenvalue weighted by atomic mass is 9.97. The molecule has 1 aromatic rings. The van der Waals surface area contributed by atoms with Crippen LogP contribution in [0.25, 0.3) is 0 Å². The van der Waals surface area contributed by atoms with Gasteiger partial charge in [0, 0.05) is 0 Å². The van der Waals surface area contributed by atoms with Gasteiger partial charge in [0.15, 0.2) is 0 Å². The number of hydrogen-bond acceptors (Lipinski definition) is 2. The lowest BCUT2D eigenvalue weighted by molar-refractivity contribution is 0.744. The van der Waals surface area contributed by atoms with Crippen molar-refractivity contribution in [2.75, 3.05) is 6.54 Å². The molecule has 0 aliphatic rings. The van der Waals surface area contributed by atoms with E-state index in [-0.39, 0.29) is 0 Å². The number of nitrogens with zero attached hydrogens (tertiary/aromatic N) is 1. The first-order chi connectivity index (χ1) is 7.19. The Hall–Kier alpha value is -1.33. The summed E-state index contributed by atoms with van der Waals surface area (Å²) in [5.74, 6) is 0. The van der Waals surface area contributed by atoms with Crippen molar-refractivity contribution in [2.24, 2.45) is 5.73 Å². The molecule has 1 aromatic carbocycles. The summed E-state index contributed by atoms with van der Waals surface area (Å²) in [5, 5.41) is 8.97. The van der Waals surface area contributed by atoms with Crippen molar-refractivity contribution in [2.45, 2.75) is 33.1 Å². The van der Waals surface area contributed by atoms with Crippen LogP contribution in [-0.2, 0) is 6.42 Å². The van der Waals surface area contributed by atoms with Crippen LogP contribution in [0.4, 0.5) is 0 Å². The molecular formula is C13H18N2. The van der Waals surface area contributed by atoms with Crippen LogP contribution in [0.15, 0.2) is 12.1 Å². The Bertz CT molecular complexity index is 375. The Labute approximate surface area is 91.7 Å². The number of unbranched alkanes of at least 4 members (excludes halogenated alkanes) is 1. The summed E-state index contributed by atoms with van der Waals surface area (Å²) in [7, 11) is 0. The molecular weight excluding hydrogens is 184 g/mol. The Balaban J connectivity index is 2.83. The Morgan fingerprint density at radius 2 is 2.00 bits per heavy atom. The van der Waals surface area contributed by atoms with Crippen LogP contribution in [0.1, 0.15) is 35.1 Å². The molecule has 0 spiro atoms. The number of nitriles is 1. The smallest absolute Gasteiger partial charge is 0.0994 e. The third kappa shape index (κ3) is 3.07. The molecule has 0 aromatic heterocycles. The molecule has 15 heavy (non-hydrogen) atoms. The van der Waals surface area contributed by atoms with Gasteiger partial charge in [-0.05, 0) is 62.4 Å². The van der Waals surface area contributed by atoms with Crippen LogP contribution in [0.3, 0.4) is 0 Å². The third-order valence-corrected chi connectivity index (χ3v) is 2.77. The quantitative estimate of drug-likeness (QED) is 0.762. The van der Waals surface area contributed by atoms with E-state index in [1.807, 2.05) is 13.0 Å². The van der Waals surface area contributed by atoms with Crippen molar-refractivity contribution in [3.63, 3.8) is 0 Å². The summed E-state index contributed by atoms with van der Waals surface area (Å²) in [6.07, 6.45) is 3.17. The molecule has 80 valence electrons. The topological polar surface area (TPSA) is 49.8 Å². The third-order valence-electron chi connectivity index (χ3n) is 2.77. The van der Waals surface area contributed by atoms with Crippen molar-refractivity contribution in [1.82, 2.24) is 0 Å². The van der Waals surface area contributed by atoms with Gasteiger partial charge in [0.25, 0.3) is 0 Å². The van der Waals surface area contributed by atoms with E-state index < -0.39 is 0 Å². The first-order valence-corrected chi connectivity index (χ1v) is 5.39. The zero-order valence-corrected chi connectivity index (χ0v) is 9.51. The second-order valence-electron chi connectivity index (χ2n) is 3.94. The van der Waals surface area contributed by atoms with Gasteiger partial charge in [-0.25, -0.2) is 0 Å². The number of hydrogen-bond donors (Lipinski definition) is 1. The normalized spacial score (nSPS) is 10.0. The highest BCUT2D eigenvalue weighted by atomic mass is 14.5. The summed E-state index contributed by atoms with van der Waals surface area (Å²) in [6, 6.07) is 6.41. The highest BCUT2D eigenvalue weighted by Gasteiger charge is 2.03. The first kappa shape index (κ1) is 11.7. The van der Waals surface area contributed by atoms with Gasteiger partial charge in [0.2, 0.25) is 0 Å². The fourth-order valence-corrected chi connectivity index (χ4v) is 1.67. The van der Waals surface area contributed by atoms with E-state index in [0.29, 0.717) is 0 Å². The molecule has 0 atom stereocenters. The van der Waals surface area contributed by atoms with Gasteiger partial charge in [-0.1, -0.05) is 6.07 Å². The molecule has 0 heterocycles.